The van der Waals surface area contributed by atoms with Gasteiger partial charge < -0.3 is 0 Å². The summed E-state index contributed by atoms with van der Waals surface area (Å²) in [5.41, 5.74) is 3.65. The van der Waals surface area contributed by atoms with Crippen LogP contribution in [-0.2, 0) is 0 Å². The van der Waals surface area contributed by atoms with Gasteiger partial charge in [0, 0.05) is 5.75 Å². The maximum absolute atomic E-state index is 2.12. The molecule has 0 radical (unpaired) electrons. The van der Waals surface area contributed by atoms with Gasteiger partial charge in [-0.3, -0.25) is 0 Å². The van der Waals surface area contributed by atoms with Crippen LogP contribution in [0.5, 0.6) is 0 Å². The van der Waals surface area contributed by atoms with Crippen molar-refractivity contribution < 1.29 is 0 Å². The second-order valence-electron chi connectivity index (χ2n) is 3.57. The van der Waals surface area contributed by atoms with E-state index < -0.39 is 0 Å². The molecule has 0 spiro atoms. The first kappa shape index (κ1) is 7.72. The first-order valence-electron chi connectivity index (χ1n) is 4.74. The van der Waals surface area contributed by atoms with Crippen molar-refractivity contribution in [2.75, 3.05) is 11.5 Å². The van der Waals surface area contributed by atoms with Gasteiger partial charge >= 0.3 is 0 Å². The molecule has 1 heterocycles. The highest BCUT2D eigenvalue weighted by atomic mass is 32.2. The summed E-state index contributed by atoms with van der Waals surface area (Å²) >= 11 is 2.12. The van der Waals surface area contributed by atoms with Crippen molar-refractivity contribution in [2.24, 2.45) is 0 Å². The van der Waals surface area contributed by atoms with Gasteiger partial charge in [-0.15, -0.1) is 0 Å². The minimum Gasteiger partial charge on any atom is -0.157 e. The summed E-state index contributed by atoms with van der Waals surface area (Å²) in [6, 6.07) is 0. The van der Waals surface area contributed by atoms with Crippen LogP contribution in [0, 0.1) is 0 Å². The van der Waals surface area contributed by atoms with Gasteiger partial charge in [-0.1, -0.05) is 17.6 Å². The van der Waals surface area contributed by atoms with Crippen molar-refractivity contribution in [2.45, 2.75) is 38.5 Å². The average Bonchev–Trinajstić information content (AvgIpc) is 2.58. The smallest absolute Gasteiger partial charge is 0.0146 e. The highest BCUT2D eigenvalue weighted by Crippen LogP contribution is 2.32. The van der Waals surface area contributed by atoms with E-state index in [0.29, 0.717) is 0 Å². The van der Waals surface area contributed by atoms with E-state index in [4.69, 9.17) is 0 Å². The number of allylic oxidation sites excluding steroid dienone is 1. The van der Waals surface area contributed by atoms with Crippen molar-refractivity contribution in [3.05, 3.63) is 11.1 Å². The zero-order valence-corrected chi connectivity index (χ0v) is 7.88. The van der Waals surface area contributed by atoms with E-state index in [-0.39, 0.29) is 0 Å². The average molecular weight is 168 g/mol. The largest absolute Gasteiger partial charge is 0.157 e. The molecule has 1 aliphatic carbocycles. The van der Waals surface area contributed by atoms with Gasteiger partial charge in [0.25, 0.3) is 0 Å². The summed E-state index contributed by atoms with van der Waals surface area (Å²) in [4.78, 5) is 0. The van der Waals surface area contributed by atoms with Crippen LogP contribution < -0.4 is 0 Å². The Morgan fingerprint density at radius 3 is 2.27 bits per heavy atom. The van der Waals surface area contributed by atoms with Crippen LogP contribution in [0.3, 0.4) is 0 Å². The van der Waals surface area contributed by atoms with E-state index in [1.54, 1.807) is 0 Å². The van der Waals surface area contributed by atoms with Crippen LogP contribution in [-0.4, -0.2) is 11.5 Å². The molecule has 0 bridgehead atoms. The summed E-state index contributed by atoms with van der Waals surface area (Å²) in [5.74, 6) is 2.74. The topological polar surface area (TPSA) is 0 Å². The van der Waals surface area contributed by atoms with Crippen molar-refractivity contribution in [1.29, 1.82) is 0 Å². The van der Waals surface area contributed by atoms with E-state index in [9.17, 15) is 0 Å². The van der Waals surface area contributed by atoms with Crippen LogP contribution >= 0.6 is 11.8 Å². The normalized spacial score (nSPS) is 26.2. The molecule has 11 heavy (non-hydrogen) atoms. The second-order valence-corrected chi connectivity index (χ2v) is 4.68. The van der Waals surface area contributed by atoms with Crippen molar-refractivity contribution in [3.63, 3.8) is 0 Å². The lowest BCUT2D eigenvalue weighted by atomic mass is 9.91. The van der Waals surface area contributed by atoms with E-state index in [0.717, 1.165) is 0 Å². The van der Waals surface area contributed by atoms with Gasteiger partial charge in [-0.05, 0) is 37.9 Å². The van der Waals surface area contributed by atoms with Gasteiger partial charge in [0.05, 0.1) is 0 Å². The first-order valence-corrected chi connectivity index (χ1v) is 5.90. The molecule has 0 aromatic carbocycles. The van der Waals surface area contributed by atoms with Crippen LogP contribution in [0.15, 0.2) is 11.1 Å². The second kappa shape index (κ2) is 3.66. The van der Waals surface area contributed by atoms with Gasteiger partial charge in [0.1, 0.15) is 0 Å². The molecular weight excluding hydrogens is 152 g/mol. The zero-order chi connectivity index (χ0) is 7.52. The zero-order valence-electron chi connectivity index (χ0n) is 7.07. The van der Waals surface area contributed by atoms with Crippen LogP contribution in [0.1, 0.15) is 38.5 Å². The third-order valence-electron chi connectivity index (χ3n) is 2.78. The lowest BCUT2D eigenvalue weighted by Crippen LogP contribution is -1.98. The predicted octanol–water partition coefficient (Wildman–Crippen LogP) is 3.38. The summed E-state index contributed by atoms with van der Waals surface area (Å²) in [5, 5.41) is 0. The molecule has 0 aromatic heterocycles. The lowest BCUT2D eigenvalue weighted by Gasteiger charge is -2.16. The molecule has 0 atom stereocenters. The Labute approximate surface area is 73.4 Å². The molecule has 2 aliphatic rings. The SMILES string of the molecule is C1CCC(=C2CCSC2)CC1. The first-order chi connectivity index (χ1) is 5.47. The van der Waals surface area contributed by atoms with E-state index in [2.05, 4.69) is 11.8 Å². The van der Waals surface area contributed by atoms with Crippen LogP contribution in [0.4, 0.5) is 0 Å². The quantitative estimate of drug-likeness (QED) is 0.500. The molecule has 0 aromatic rings. The molecule has 0 amide bonds. The monoisotopic (exact) mass is 168 g/mol. The summed E-state index contributed by atoms with van der Waals surface area (Å²) in [6.07, 6.45) is 8.66. The fourth-order valence-electron chi connectivity index (χ4n) is 2.07. The van der Waals surface area contributed by atoms with Crippen molar-refractivity contribution in [1.82, 2.24) is 0 Å². The third kappa shape index (κ3) is 1.81. The Bertz CT molecular complexity index is 154. The number of rotatable bonds is 0. The van der Waals surface area contributed by atoms with Gasteiger partial charge in [-0.2, -0.15) is 11.8 Å². The molecule has 1 saturated carbocycles. The highest BCUT2D eigenvalue weighted by Gasteiger charge is 2.14. The Hall–Kier alpha value is 0.0900. The fourth-order valence-corrected chi connectivity index (χ4v) is 3.20. The van der Waals surface area contributed by atoms with Gasteiger partial charge in [0.2, 0.25) is 0 Å². The van der Waals surface area contributed by atoms with Crippen LogP contribution in [0.25, 0.3) is 0 Å². The Kier molecular flexibility index (Phi) is 2.57. The molecule has 2 rings (SSSR count). The molecule has 0 nitrogen and oxygen atoms in total. The van der Waals surface area contributed by atoms with Gasteiger partial charge in [-0.25, -0.2) is 0 Å². The molecule has 0 N–H and O–H groups in total. The maximum Gasteiger partial charge on any atom is 0.0146 e. The maximum atomic E-state index is 2.12. The Morgan fingerprint density at radius 2 is 1.64 bits per heavy atom. The lowest BCUT2D eigenvalue weighted by molar-refractivity contribution is 0.592. The standard InChI is InChI=1S/C10H16S/c1-2-4-9(5-3-1)10-6-7-11-8-10/h1-8H2. The molecule has 1 aliphatic heterocycles. The molecule has 1 saturated heterocycles. The number of hydrogen-bond acceptors (Lipinski definition) is 1. The number of hydrogen-bond donors (Lipinski definition) is 0. The molecule has 0 unspecified atom stereocenters. The predicted molar refractivity (Wildman–Crippen MR) is 52.1 cm³/mol. The van der Waals surface area contributed by atoms with Crippen molar-refractivity contribution in [3.8, 4) is 0 Å². The summed E-state index contributed by atoms with van der Waals surface area (Å²) in [6.45, 7) is 0. The van der Waals surface area contributed by atoms with E-state index in [1.165, 1.54) is 50.0 Å². The summed E-state index contributed by atoms with van der Waals surface area (Å²) < 4.78 is 0. The minimum absolute atomic E-state index is 1.36. The van der Waals surface area contributed by atoms with Crippen molar-refractivity contribution >= 4 is 11.8 Å². The molecule has 62 valence electrons. The highest BCUT2D eigenvalue weighted by molar-refractivity contribution is 7.99. The molecule has 2 fully saturated rings. The van der Waals surface area contributed by atoms with Crippen LogP contribution in [0.2, 0.25) is 0 Å². The minimum atomic E-state index is 1.36. The molecule has 1 heteroatoms. The summed E-state index contributed by atoms with van der Waals surface area (Å²) in [7, 11) is 0. The Morgan fingerprint density at radius 1 is 0.818 bits per heavy atom. The number of thioether (sulfide) groups is 1. The van der Waals surface area contributed by atoms with E-state index in [1.807, 2.05) is 11.1 Å². The third-order valence-corrected chi connectivity index (χ3v) is 3.83. The molecular formula is C10H16S. The van der Waals surface area contributed by atoms with Gasteiger partial charge in [0.15, 0.2) is 0 Å². The Balaban J connectivity index is 2.03. The fraction of sp³-hybridized carbons (Fsp3) is 0.800. The van der Waals surface area contributed by atoms with E-state index >= 15 is 0 Å².